The number of benzene rings is 1. The number of carboxylic acid groups (broad SMARTS) is 1. The molecule has 0 amide bonds. The van der Waals surface area contributed by atoms with Crippen LogP contribution < -0.4 is 0 Å². The average Bonchev–Trinajstić information content (AvgIpc) is 2.35. The fraction of sp³-hybridized carbons (Fsp3) is 0.250. The van der Waals surface area contributed by atoms with Gasteiger partial charge in [-0.15, -0.1) is 6.58 Å². The van der Waals surface area contributed by atoms with Gasteiger partial charge in [0.25, 0.3) is 0 Å². The third kappa shape index (κ3) is 3.43. The highest BCUT2D eigenvalue weighted by Crippen LogP contribution is 2.26. The van der Waals surface area contributed by atoms with Gasteiger partial charge in [-0.05, 0) is 34.1 Å². The van der Waals surface area contributed by atoms with Gasteiger partial charge in [-0.1, -0.05) is 13.0 Å². The van der Waals surface area contributed by atoms with E-state index in [1.807, 2.05) is 0 Å². The molecular formula is C12H14BrNO4S. The molecule has 0 aliphatic carbocycles. The Bertz CT molecular complexity index is 598. The molecule has 1 rings (SSSR count). The molecule has 0 radical (unpaired) electrons. The summed E-state index contributed by atoms with van der Waals surface area (Å²) in [5, 5.41) is 8.85. The minimum absolute atomic E-state index is 0.0256. The number of rotatable bonds is 6. The van der Waals surface area contributed by atoms with Crippen LogP contribution in [0.25, 0.3) is 0 Å². The molecule has 0 aromatic heterocycles. The van der Waals surface area contributed by atoms with Crippen LogP contribution in [0.5, 0.6) is 0 Å². The molecule has 0 atom stereocenters. The Hall–Kier alpha value is -1.18. The smallest absolute Gasteiger partial charge is 0.335 e. The zero-order valence-corrected chi connectivity index (χ0v) is 12.7. The van der Waals surface area contributed by atoms with Crippen LogP contribution in [0.2, 0.25) is 0 Å². The van der Waals surface area contributed by atoms with Gasteiger partial charge >= 0.3 is 5.97 Å². The van der Waals surface area contributed by atoms with E-state index >= 15 is 0 Å². The third-order valence-electron chi connectivity index (χ3n) is 2.48. The quantitative estimate of drug-likeness (QED) is 0.801. The van der Waals surface area contributed by atoms with Crippen LogP contribution in [0.4, 0.5) is 0 Å². The van der Waals surface area contributed by atoms with Gasteiger partial charge in [-0.2, -0.15) is 4.31 Å². The van der Waals surface area contributed by atoms with Gasteiger partial charge in [0.2, 0.25) is 10.0 Å². The van der Waals surface area contributed by atoms with E-state index < -0.39 is 16.0 Å². The fourth-order valence-electron chi connectivity index (χ4n) is 1.52. The molecule has 0 spiro atoms. The lowest BCUT2D eigenvalue weighted by Crippen LogP contribution is -2.31. The van der Waals surface area contributed by atoms with Crippen LogP contribution in [0.3, 0.4) is 0 Å². The van der Waals surface area contributed by atoms with Gasteiger partial charge in [0.05, 0.1) is 10.5 Å². The maximum Gasteiger partial charge on any atom is 0.335 e. The lowest BCUT2D eigenvalue weighted by molar-refractivity contribution is 0.0696. The van der Waals surface area contributed by atoms with E-state index in [-0.39, 0.29) is 21.5 Å². The molecule has 1 aromatic rings. The van der Waals surface area contributed by atoms with Crippen molar-refractivity contribution in [3.05, 3.63) is 40.9 Å². The first-order valence-corrected chi connectivity index (χ1v) is 7.71. The summed E-state index contributed by atoms with van der Waals surface area (Å²) in [6.45, 7) is 5.75. The number of carboxylic acids is 1. The molecule has 0 aliphatic rings. The summed E-state index contributed by atoms with van der Waals surface area (Å²) >= 11 is 3.10. The van der Waals surface area contributed by atoms with Crippen molar-refractivity contribution in [2.45, 2.75) is 11.8 Å². The van der Waals surface area contributed by atoms with E-state index in [1.54, 1.807) is 6.92 Å². The Kier molecular flexibility index (Phi) is 5.28. The van der Waals surface area contributed by atoms with E-state index in [4.69, 9.17) is 5.11 Å². The van der Waals surface area contributed by atoms with Crippen molar-refractivity contribution < 1.29 is 18.3 Å². The SMILES string of the molecule is C=CCN(CC)S(=O)(=O)c1ccc(C(=O)O)cc1Br. The topological polar surface area (TPSA) is 74.7 Å². The first kappa shape index (κ1) is 15.9. The van der Waals surface area contributed by atoms with Crippen molar-refractivity contribution >= 4 is 31.9 Å². The Morgan fingerprint density at radius 3 is 2.58 bits per heavy atom. The molecule has 0 saturated heterocycles. The Balaban J connectivity index is 3.29. The van der Waals surface area contributed by atoms with E-state index in [0.29, 0.717) is 6.54 Å². The van der Waals surface area contributed by atoms with Gasteiger partial charge in [-0.25, -0.2) is 13.2 Å². The second-order valence-corrected chi connectivity index (χ2v) is 6.46. The van der Waals surface area contributed by atoms with Crippen molar-refractivity contribution in [3.63, 3.8) is 0 Å². The predicted molar refractivity (Wildman–Crippen MR) is 75.7 cm³/mol. The number of hydrogen-bond donors (Lipinski definition) is 1. The molecule has 0 heterocycles. The molecule has 5 nitrogen and oxygen atoms in total. The summed E-state index contributed by atoms with van der Waals surface area (Å²) in [6, 6.07) is 3.83. The number of aromatic carboxylic acids is 1. The number of nitrogens with zero attached hydrogens (tertiary/aromatic N) is 1. The summed E-state index contributed by atoms with van der Waals surface area (Å²) in [6.07, 6.45) is 1.50. The molecular weight excluding hydrogens is 334 g/mol. The second kappa shape index (κ2) is 6.31. The molecule has 1 N–H and O–H groups in total. The summed E-state index contributed by atoms with van der Waals surface area (Å²) in [5.74, 6) is -1.11. The highest BCUT2D eigenvalue weighted by molar-refractivity contribution is 9.10. The van der Waals surface area contributed by atoms with Crippen LogP contribution >= 0.6 is 15.9 Å². The summed E-state index contributed by atoms with van der Waals surface area (Å²) in [7, 11) is -3.66. The Labute approximate surface area is 120 Å². The van der Waals surface area contributed by atoms with Gasteiger partial charge in [0.1, 0.15) is 0 Å². The minimum Gasteiger partial charge on any atom is -0.478 e. The molecule has 7 heteroatoms. The lowest BCUT2D eigenvalue weighted by Gasteiger charge is -2.19. The minimum atomic E-state index is -3.66. The maximum atomic E-state index is 12.4. The molecule has 104 valence electrons. The highest BCUT2D eigenvalue weighted by atomic mass is 79.9. The van der Waals surface area contributed by atoms with Crippen molar-refractivity contribution in [2.75, 3.05) is 13.1 Å². The number of likely N-dealkylation sites (N-methyl/N-ethyl adjacent to an activating group) is 1. The largest absolute Gasteiger partial charge is 0.478 e. The van der Waals surface area contributed by atoms with Crippen molar-refractivity contribution in [1.29, 1.82) is 0 Å². The Morgan fingerprint density at radius 2 is 2.16 bits per heavy atom. The van der Waals surface area contributed by atoms with Crippen molar-refractivity contribution in [1.82, 2.24) is 4.31 Å². The normalized spacial score (nSPS) is 11.5. The maximum absolute atomic E-state index is 12.4. The first-order valence-electron chi connectivity index (χ1n) is 5.48. The Morgan fingerprint density at radius 1 is 1.53 bits per heavy atom. The molecule has 19 heavy (non-hydrogen) atoms. The zero-order valence-electron chi connectivity index (χ0n) is 10.3. The summed E-state index contributed by atoms with van der Waals surface area (Å²) in [5.41, 5.74) is 0.0256. The first-order chi connectivity index (χ1) is 8.84. The van der Waals surface area contributed by atoms with Gasteiger partial charge < -0.3 is 5.11 Å². The average molecular weight is 348 g/mol. The summed E-state index contributed by atoms with van der Waals surface area (Å²) < 4.78 is 26.2. The van der Waals surface area contributed by atoms with E-state index in [1.165, 1.54) is 28.6 Å². The lowest BCUT2D eigenvalue weighted by atomic mass is 10.2. The monoisotopic (exact) mass is 347 g/mol. The number of carbonyl (C=O) groups is 1. The fourth-order valence-corrected chi connectivity index (χ4v) is 3.98. The van der Waals surface area contributed by atoms with Gasteiger partial charge in [0, 0.05) is 17.6 Å². The second-order valence-electron chi connectivity index (χ2n) is 3.69. The van der Waals surface area contributed by atoms with Crippen molar-refractivity contribution in [3.8, 4) is 0 Å². The van der Waals surface area contributed by atoms with Crippen LogP contribution in [-0.4, -0.2) is 36.9 Å². The van der Waals surface area contributed by atoms with Gasteiger partial charge in [-0.3, -0.25) is 0 Å². The molecule has 0 bridgehead atoms. The number of halogens is 1. The standard InChI is InChI=1S/C12H14BrNO4S/c1-3-7-14(4-2)19(17,18)11-6-5-9(12(15)16)8-10(11)13/h3,5-6,8H,1,4,7H2,2H3,(H,15,16). The van der Waals surface area contributed by atoms with Crippen molar-refractivity contribution in [2.24, 2.45) is 0 Å². The number of sulfonamides is 1. The molecule has 0 aliphatic heterocycles. The molecule has 0 unspecified atom stereocenters. The molecule has 1 aromatic carbocycles. The van der Waals surface area contributed by atoms with Crippen LogP contribution in [0.1, 0.15) is 17.3 Å². The molecule has 0 fully saturated rings. The molecule has 0 saturated carbocycles. The third-order valence-corrected chi connectivity index (χ3v) is 5.40. The predicted octanol–water partition coefficient (Wildman–Crippen LogP) is 2.34. The highest BCUT2D eigenvalue weighted by Gasteiger charge is 2.25. The zero-order chi connectivity index (χ0) is 14.6. The van der Waals surface area contributed by atoms with E-state index in [2.05, 4.69) is 22.5 Å². The van der Waals surface area contributed by atoms with Crippen LogP contribution in [0, 0.1) is 0 Å². The van der Waals surface area contributed by atoms with E-state index in [9.17, 15) is 13.2 Å². The van der Waals surface area contributed by atoms with E-state index in [0.717, 1.165) is 0 Å². The van der Waals surface area contributed by atoms with Crippen LogP contribution in [0.15, 0.2) is 40.2 Å². The van der Waals surface area contributed by atoms with Gasteiger partial charge in [0.15, 0.2) is 0 Å². The van der Waals surface area contributed by atoms with Crippen LogP contribution in [-0.2, 0) is 10.0 Å². The number of hydrogen-bond acceptors (Lipinski definition) is 3. The summed E-state index contributed by atoms with van der Waals surface area (Å²) in [4.78, 5) is 10.9.